The lowest BCUT2D eigenvalue weighted by atomic mass is 9.70. The number of hydrogen-bond acceptors (Lipinski definition) is 3. The van der Waals surface area contributed by atoms with E-state index in [9.17, 15) is 22.4 Å². The molecule has 4 nitrogen and oxygen atoms in total. The molecular weight excluding hydrogens is 350 g/mol. The van der Waals surface area contributed by atoms with Gasteiger partial charge in [-0.3, -0.25) is 9.69 Å². The number of fused-ring (bicyclic) bond motifs is 2. The van der Waals surface area contributed by atoms with Crippen LogP contribution >= 0.6 is 0 Å². The van der Waals surface area contributed by atoms with Gasteiger partial charge in [0.25, 0.3) is 0 Å². The summed E-state index contributed by atoms with van der Waals surface area (Å²) in [6.07, 6.45) is -0.920. The van der Waals surface area contributed by atoms with Crippen molar-refractivity contribution >= 4 is 5.91 Å². The predicted octanol–water partition coefficient (Wildman–Crippen LogP) is 2.76. The first-order valence-corrected chi connectivity index (χ1v) is 9.46. The molecule has 3 rings (SSSR count). The van der Waals surface area contributed by atoms with Crippen LogP contribution < -0.4 is 11.1 Å². The minimum absolute atomic E-state index is 0.0282. The quantitative estimate of drug-likeness (QED) is 0.739. The van der Waals surface area contributed by atoms with E-state index in [4.69, 9.17) is 5.73 Å². The van der Waals surface area contributed by atoms with E-state index in [2.05, 4.69) is 5.32 Å². The molecule has 1 amide bonds. The summed E-state index contributed by atoms with van der Waals surface area (Å²) in [5, 5.41) is 3.59. The molecule has 26 heavy (non-hydrogen) atoms. The Morgan fingerprint density at radius 1 is 1.23 bits per heavy atom. The summed E-state index contributed by atoms with van der Waals surface area (Å²) >= 11 is 0. The second kappa shape index (κ2) is 6.62. The number of carbonyl (C=O) groups is 1. The van der Waals surface area contributed by atoms with E-state index in [1.165, 1.54) is 18.7 Å². The van der Waals surface area contributed by atoms with Gasteiger partial charge >= 0.3 is 6.18 Å². The van der Waals surface area contributed by atoms with Gasteiger partial charge in [0.1, 0.15) is 11.7 Å². The summed E-state index contributed by atoms with van der Waals surface area (Å²) in [5.74, 6) is -0.584. The maximum absolute atomic E-state index is 14.2. The van der Waals surface area contributed by atoms with Crippen molar-refractivity contribution in [3.63, 3.8) is 0 Å². The average molecular weight is 379 g/mol. The number of amides is 1. The Morgan fingerprint density at radius 3 is 2.50 bits per heavy atom. The van der Waals surface area contributed by atoms with Crippen molar-refractivity contribution < 1.29 is 22.4 Å². The minimum atomic E-state index is -4.36. The predicted molar refractivity (Wildman–Crippen MR) is 90.1 cm³/mol. The molecule has 3 fully saturated rings. The number of nitrogens with two attached hydrogens (primary N) is 1. The maximum atomic E-state index is 14.2. The van der Waals surface area contributed by atoms with Gasteiger partial charge in [-0.15, -0.1) is 0 Å². The van der Waals surface area contributed by atoms with E-state index in [0.717, 1.165) is 12.8 Å². The van der Waals surface area contributed by atoms with Crippen LogP contribution in [0, 0.1) is 11.8 Å². The maximum Gasteiger partial charge on any atom is 0.404 e. The SMILES string of the molecule is CC(C)(F)CN1C[C@H](C23CCC(CC(C(N)=O)C2)N3)CC[C@@H]1C(F)(F)F. The average Bonchev–Trinajstić information content (AvgIpc) is 2.80. The topological polar surface area (TPSA) is 58.4 Å². The molecule has 0 aliphatic carbocycles. The fourth-order valence-electron chi connectivity index (χ4n) is 5.41. The van der Waals surface area contributed by atoms with Crippen LogP contribution in [-0.2, 0) is 4.79 Å². The number of rotatable bonds is 4. The summed E-state index contributed by atoms with van der Waals surface area (Å²) < 4.78 is 54.5. The molecule has 0 aromatic carbocycles. The first-order valence-electron chi connectivity index (χ1n) is 9.46. The van der Waals surface area contributed by atoms with Crippen molar-refractivity contribution in [2.24, 2.45) is 17.6 Å². The highest BCUT2D eigenvalue weighted by Crippen LogP contribution is 2.47. The first kappa shape index (κ1) is 19.9. The van der Waals surface area contributed by atoms with Crippen LogP contribution in [-0.4, -0.2) is 53.4 Å². The van der Waals surface area contributed by atoms with Crippen molar-refractivity contribution in [1.82, 2.24) is 10.2 Å². The largest absolute Gasteiger partial charge is 0.404 e. The molecule has 3 heterocycles. The Bertz CT molecular complexity index is 548. The van der Waals surface area contributed by atoms with Crippen molar-refractivity contribution in [1.29, 1.82) is 0 Å². The Balaban J connectivity index is 1.80. The summed E-state index contributed by atoms with van der Waals surface area (Å²) in [4.78, 5) is 13.0. The molecule has 3 aliphatic rings. The number of primary amides is 1. The van der Waals surface area contributed by atoms with Gasteiger partial charge in [-0.1, -0.05) is 0 Å². The molecule has 0 aromatic heterocycles. The van der Waals surface area contributed by atoms with Crippen LogP contribution in [0.3, 0.4) is 0 Å². The molecule has 2 bridgehead atoms. The molecule has 0 aromatic rings. The molecular formula is C18H29F4N3O. The zero-order valence-electron chi connectivity index (χ0n) is 15.4. The number of likely N-dealkylation sites (tertiary alicyclic amines) is 1. The Labute approximate surface area is 151 Å². The van der Waals surface area contributed by atoms with Crippen LogP contribution in [0.15, 0.2) is 0 Å². The van der Waals surface area contributed by atoms with Crippen LogP contribution in [0.25, 0.3) is 0 Å². The zero-order valence-corrected chi connectivity index (χ0v) is 15.4. The van der Waals surface area contributed by atoms with Crippen LogP contribution in [0.5, 0.6) is 0 Å². The van der Waals surface area contributed by atoms with E-state index in [1.807, 2.05) is 0 Å². The van der Waals surface area contributed by atoms with Crippen LogP contribution in [0.2, 0.25) is 0 Å². The molecule has 8 heteroatoms. The van der Waals surface area contributed by atoms with Gasteiger partial charge in [-0.05, 0) is 58.3 Å². The van der Waals surface area contributed by atoms with Gasteiger partial charge in [0.15, 0.2) is 0 Å². The van der Waals surface area contributed by atoms with E-state index in [1.54, 1.807) is 0 Å². The normalized spacial score (nSPS) is 39.2. The fourth-order valence-corrected chi connectivity index (χ4v) is 5.41. The van der Waals surface area contributed by atoms with Crippen molar-refractivity contribution in [3.05, 3.63) is 0 Å². The standard InChI is InChI=1S/C18H29F4N3O/c1-16(2,19)10-25-9-12(3-4-14(25)18(20,21)22)17-6-5-13(24-17)7-11(8-17)15(23)26/h11-14,24H,3-10H2,1-2H3,(H2,23,26)/t11?,12-,13?,14-,17?/m1/s1. The smallest absolute Gasteiger partial charge is 0.369 e. The van der Waals surface area contributed by atoms with Gasteiger partial charge in [0.2, 0.25) is 5.91 Å². The second-order valence-electron chi connectivity index (χ2n) is 9.06. The van der Waals surface area contributed by atoms with Gasteiger partial charge in [-0.25, -0.2) is 4.39 Å². The third-order valence-corrected chi connectivity index (χ3v) is 6.44. The van der Waals surface area contributed by atoms with Crippen molar-refractivity contribution in [2.75, 3.05) is 13.1 Å². The molecule has 5 atom stereocenters. The number of nitrogens with zero attached hydrogens (tertiary/aromatic N) is 1. The highest BCUT2D eigenvalue weighted by atomic mass is 19.4. The summed E-state index contributed by atoms with van der Waals surface area (Å²) in [5.41, 5.74) is 3.48. The van der Waals surface area contributed by atoms with Gasteiger partial charge in [0, 0.05) is 30.6 Å². The first-order chi connectivity index (χ1) is 11.9. The lowest BCUT2D eigenvalue weighted by Crippen LogP contribution is -2.62. The Morgan fingerprint density at radius 2 is 1.92 bits per heavy atom. The molecule has 3 aliphatic heterocycles. The third kappa shape index (κ3) is 4.01. The van der Waals surface area contributed by atoms with E-state index < -0.39 is 17.9 Å². The zero-order chi connectivity index (χ0) is 19.3. The van der Waals surface area contributed by atoms with Crippen LogP contribution in [0.4, 0.5) is 17.6 Å². The summed E-state index contributed by atoms with van der Waals surface area (Å²) in [6.45, 7) is 2.58. The number of carbonyl (C=O) groups excluding carboxylic acids is 1. The Hall–Kier alpha value is -0.890. The molecule has 0 radical (unpaired) electrons. The second-order valence-corrected chi connectivity index (χ2v) is 9.06. The summed E-state index contributed by atoms with van der Waals surface area (Å²) in [6, 6.07) is -1.40. The molecule has 3 N–H and O–H groups in total. The molecule has 0 saturated carbocycles. The minimum Gasteiger partial charge on any atom is -0.369 e. The van der Waals surface area contributed by atoms with E-state index in [-0.39, 0.29) is 48.8 Å². The van der Waals surface area contributed by atoms with Crippen LogP contribution in [0.1, 0.15) is 52.4 Å². The van der Waals surface area contributed by atoms with Gasteiger partial charge in [-0.2, -0.15) is 13.2 Å². The van der Waals surface area contributed by atoms with E-state index in [0.29, 0.717) is 19.3 Å². The highest BCUT2D eigenvalue weighted by molar-refractivity contribution is 5.77. The number of alkyl halides is 4. The fraction of sp³-hybridized carbons (Fsp3) is 0.944. The number of halogens is 4. The van der Waals surface area contributed by atoms with Gasteiger partial charge < -0.3 is 11.1 Å². The lowest BCUT2D eigenvalue weighted by Gasteiger charge is -2.50. The Kier molecular flexibility index (Phi) is 5.06. The molecule has 3 saturated heterocycles. The molecule has 150 valence electrons. The monoisotopic (exact) mass is 379 g/mol. The van der Waals surface area contributed by atoms with Crippen molar-refractivity contribution in [3.8, 4) is 0 Å². The molecule has 0 spiro atoms. The third-order valence-electron chi connectivity index (χ3n) is 6.44. The summed E-state index contributed by atoms with van der Waals surface area (Å²) in [7, 11) is 0. The van der Waals surface area contributed by atoms with E-state index >= 15 is 0 Å². The number of nitrogens with one attached hydrogen (secondary N) is 1. The highest BCUT2D eigenvalue weighted by Gasteiger charge is 2.55. The van der Waals surface area contributed by atoms with Gasteiger partial charge in [0.05, 0.1) is 0 Å². The van der Waals surface area contributed by atoms with Crippen molar-refractivity contribution in [2.45, 2.75) is 81.8 Å². The lowest BCUT2D eigenvalue weighted by molar-refractivity contribution is -0.201. The number of piperidine rings is 2. The number of hydrogen-bond donors (Lipinski definition) is 2. The molecule has 3 unspecified atom stereocenters.